The zero-order chi connectivity index (χ0) is 14.0. The summed E-state index contributed by atoms with van der Waals surface area (Å²) in [5, 5.41) is 3.98. The summed E-state index contributed by atoms with van der Waals surface area (Å²) in [5.74, 6) is 1.79. The third-order valence-corrected chi connectivity index (χ3v) is 7.34. The molecule has 2 aliphatic heterocycles. The van der Waals surface area contributed by atoms with Crippen LogP contribution in [0.4, 0.5) is 0 Å². The summed E-state index contributed by atoms with van der Waals surface area (Å²) < 4.78 is 7.41. The van der Waals surface area contributed by atoms with Crippen LogP contribution in [0.25, 0.3) is 0 Å². The number of thiophene rings is 1. The Bertz CT molecular complexity index is 543. The predicted molar refractivity (Wildman–Crippen MR) is 86.1 cm³/mol. The van der Waals surface area contributed by atoms with E-state index in [1.807, 2.05) is 0 Å². The molecule has 4 heteroatoms. The summed E-state index contributed by atoms with van der Waals surface area (Å²) in [5.41, 5.74) is 1.43. The van der Waals surface area contributed by atoms with Crippen LogP contribution in [0.15, 0.2) is 6.07 Å². The lowest BCUT2D eigenvalue weighted by Gasteiger charge is -2.47. The van der Waals surface area contributed by atoms with Gasteiger partial charge >= 0.3 is 0 Å². The molecule has 1 spiro atoms. The van der Waals surface area contributed by atoms with Crippen molar-refractivity contribution in [1.29, 1.82) is 0 Å². The van der Waals surface area contributed by atoms with Crippen molar-refractivity contribution in [3.63, 3.8) is 0 Å². The summed E-state index contributed by atoms with van der Waals surface area (Å²) in [6.45, 7) is 0.870. The van der Waals surface area contributed by atoms with Gasteiger partial charge in [-0.1, -0.05) is 11.6 Å². The fourth-order valence-corrected chi connectivity index (χ4v) is 5.94. The molecule has 114 valence electrons. The van der Waals surface area contributed by atoms with Gasteiger partial charge in [0.1, 0.15) is 5.60 Å². The first kappa shape index (κ1) is 13.4. The zero-order valence-electron chi connectivity index (χ0n) is 12.2. The fourth-order valence-electron chi connectivity index (χ4n) is 4.48. The predicted octanol–water partition coefficient (Wildman–Crippen LogP) is 4.11. The van der Waals surface area contributed by atoms with E-state index >= 15 is 0 Å². The largest absolute Gasteiger partial charge is 0.369 e. The molecule has 3 fully saturated rings. The summed E-state index contributed by atoms with van der Waals surface area (Å²) in [4.78, 5) is 1.46. The molecule has 3 heterocycles. The number of hydrogen-bond acceptors (Lipinski definition) is 3. The van der Waals surface area contributed by atoms with E-state index in [0.717, 1.165) is 42.0 Å². The smallest absolute Gasteiger partial charge is 0.106 e. The molecule has 4 aliphatic rings. The average Bonchev–Trinajstić information content (AvgIpc) is 3.36. The minimum absolute atomic E-state index is 0.0306. The Hall–Kier alpha value is -0.0900. The summed E-state index contributed by atoms with van der Waals surface area (Å²) in [6, 6.07) is 3.51. The van der Waals surface area contributed by atoms with E-state index in [4.69, 9.17) is 16.3 Å². The lowest BCUT2D eigenvalue weighted by atomic mass is 9.77. The van der Waals surface area contributed by atoms with Crippen molar-refractivity contribution >= 4 is 22.9 Å². The molecule has 0 aromatic carbocycles. The Morgan fingerprint density at radius 1 is 1.14 bits per heavy atom. The summed E-state index contributed by atoms with van der Waals surface area (Å²) >= 11 is 8.10. The number of halogens is 1. The van der Waals surface area contributed by atoms with Crippen molar-refractivity contribution in [3.05, 3.63) is 20.8 Å². The van der Waals surface area contributed by atoms with Crippen LogP contribution < -0.4 is 5.32 Å². The third kappa shape index (κ3) is 2.28. The number of hydrogen-bond donors (Lipinski definition) is 1. The van der Waals surface area contributed by atoms with Crippen LogP contribution in [0, 0.1) is 11.8 Å². The van der Waals surface area contributed by atoms with Gasteiger partial charge in [-0.2, -0.15) is 0 Å². The quantitative estimate of drug-likeness (QED) is 0.884. The van der Waals surface area contributed by atoms with Crippen LogP contribution in [-0.2, 0) is 16.8 Å². The highest BCUT2D eigenvalue weighted by molar-refractivity contribution is 7.16. The third-order valence-electron chi connectivity index (χ3n) is 5.85. The van der Waals surface area contributed by atoms with Crippen molar-refractivity contribution in [3.8, 4) is 0 Å². The van der Waals surface area contributed by atoms with E-state index in [1.54, 1.807) is 11.3 Å². The Balaban J connectivity index is 1.53. The van der Waals surface area contributed by atoms with Gasteiger partial charge in [-0.25, -0.2) is 0 Å². The first-order chi connectivity index (χ1) is 10.2. The lowest BCUT2D eigenvalue weighted by Crippen LogP contribution is -2.55. The molecule has 21 heavy (non-hydrogen) atoms. The van der Waals surface area contributed by atoms with Crippen LogP contribution >= 0.6 is 22.9 Å². The minimum atomic E-state index is -0.0306. The van der Waals surface area contributed by atoms with Gasteiger partial charge < -0.3 is 10.1 Å². The van der Waals surface area contributed by atoms with Gasteiger partial charge in [0.05, 0.1) is 10.9 Å². The first-order valence-electron chi connectivity index (χ1n) is 8.42. The highest BCUT2D eigenvalue weighted by Crippen LogP contribution is 2.53. The van der Waals surface area contributed by atoms with E-state index in [-0.39, 0.29) is 5.60 Å². The van der Waals surface area contributed by atoms with E-state index in [1.165, 1.54) is 36.1 Å². The molecule has 3 atom stereocenters. The fraction of sp³-hybridized carbons (Fsp3) is 0.765. The van der Waals surface area contributed by atoms with Crippen molar-refractivity contribution in [2.24, 2.45) is 11.8 Å². The second kappa shape index (κ2) is 4.70. The van der Waals surface area contributed by atoms with E-state index in [9.17, 15) is 0 Å². The van der Waals surface area contributed by atoms with Gasteiger partial charge in [0.25, 0.3) is 0 Å². The monoisotopic (exact) mass is 323 g/mol. The molecule has 1 aromatic heterocycles. The standard InChI is InChI=1S/C17H22ClNOS/c18-15-7-12-5-6-20-17(16(12)21-15)8-13(10-1-2-10)19-14(9-17)11-3-4-11/h7,10-11,13-14,19H,1-6,8-9H2/t13-,14?,17?/m1/s1. The van der Waals surface area contributed by atoms with Crippen LogP contribution in [0.2, 0.25) is 4.34 Å². The van der Waals surface area contributed by atoms with Crippen molar-refractivity contribution < 1.29 is 4.74 Å². The van der Waals surface area contributed by atoms with Crippen LogP contribution in [0.3, 0.4) is 0 Å². The molecule has 1 N–H and O–H groups in total. The van der Waals surface area contributed by atoms with Gasteiger partial charge in [-0.3, -0.25) is 0 Å². The molecule has 0 bridgehead atoms. The maximum absolute atomic E-state index is 6.47. The maximum atomic E-state index is 6.47. The van der Waals surface area contributed by atoms with Crippen LogP contribution in [0.5, 0.6) is 0 Å². The number of nitrogens with one attached hydrogen (secondary N) is 1. The molecule has 1 aromatic rings. The van der Waals surface area contributed by atoms with E-state index in [0.29, 0.717) is 12.1 Å². The molecular formula is C17H22ClNOS. The average molecular weight is 324 g/mol. The second-order valence-corrected chi connectivity index (χ2v) is 9.14. The molecule has 1 saturated heterocycles. The molecule has 5 rings (SSSR count). The van der Waals surface area contributed by atoms with Crippen LogP contribution in [0.1, 0.15) is 49.0 Å². The highest BCUT2D eigenvalue weighted by atomic mass is 35.5. The van der Waals surface area contributed by atoms with Gasteiger partial charge in [-0.15, -0.1) is 11.3 Å². The summed E-state index contributed by atoms with van der Waals surface area (Å²) in [7, 11) is 0. The lowest BCUT2D eigenvalue weighted by molar-refractivity contribution is -0.100. The first-order valence-corrected chi connectivity index (χ1v) is 9.62. The van der Waals surface area contributed by atoms with Gasteiger partial charge in [0, 0.05) is 17.0 Å². The second-order valence-electron chi connectivity index (χ2n) is 7.46. The SMILES string of the molecule is Clc1cc2c(s1)C1(CC(C3CC3)N[C@@H](C3CC3)C1)OCC2. The minimum Gasteiger partial charge on any atom is -0.369 e. The molecule has 2 unspecified atom stereocenters. The van der Waals surface area contributed by atoms with E-state index < -0.39 is 0 Å². The van der Waals surface area contributed by atoms with Crippen molar-refractivity contribution in [2.75, 3.05) is 6.61 Å². The molecule has 0 amide bonds. The van der Waals surface area contributed by atoms with Crippen LogP contribution in [-0.4, -0.2) is 18.7 Å². The number of rotatable bonds is 2. The van der Waals surface area contributed by atoms with Gasteiger partial charge in [0.2, 0.25) is 0 Å². The zero-order valence-corrected chi connectivity index (χ0v) is 13.8. The highest BCUT2D eigenvalue weighted by Gasteiger charge is 2.52. The van der Waals surface area contributed by atoms with Crippen molar-refractivity contribution in [2.45, 2.75) is 62.6 Å². The van der Waals surface area contributed by atoms with E-state index in [2.05, 4.69) is 11.4 Å². The molecule has 0 radical (unpaired) electrons. The molecule has 2 saturated carbocycles. The normalized spacial score (nSPS) is 39.5. The molecule has 2 nitrogen and oxygen atoms in total. The maximum Gasteiger partial charge on any atom is 0.106 e. The number of fused-ring (bicyclic) bond motifs is 2. The Labute approximate surface area is 135 Å². The Kier molecular flexibility index (Phi) is 2.99. The topological polar surface area (TPSA) is 21.3 Å². The molecule has 2 aliphatic carbocycles. The van der Waals surface area contributed by atoms with Gasteiger partial charge in [-0.05, 0) is 68.4 Å². The van der Waals surface area contributed by atoms with Crippen molar-refractivity contribution in [1.82, 2.24) is 5.32 Å². The summed E-state index contributed by atoms with van der Waals surface area (Å²) in [6.07, 6.45) is 8.98. The number of piperidine rings is 1. The molecular weight excluding hydrogens is 302 g/mol. The Morgan fingerprint density at radius 2 is 1.81 bits per heavy atom. The Morgan fingerprint density at radius 3 is 2.43 bits per heavy atom. The van der Waals surface area contributed by atoms with Gasteiger partial charge in [0.15, 0.2) is 0 Å². The number of ether oxygens (including phenoxy) is 1.